The maximum atomic E-state index is 11.6. The molecule has 0 aliphatic heterocycles. The van der Waals surface area contributed by atoms with Crippen molar-refractivity contribution in [2.75, 3.05) is 5.43 Å². The SMILES string of the molecule is C/C(=N/Nc1nnc(C)c(=O)[nH]1)c1ccccc1OCc1ccccc1. The Hall–Kier alpha value is -3.48. The molecule has 2 N–H and O–H groups in total. The van der Waals surface area contributed by atoms with Gasteiger partial charge in [-0.2, -0.15) is 5.10 Å². The van der Waals surface area contributed by atoms with E-state index in [0.29, 0.717) is 18.0 Å². The fourth-order valence-electron chi connectivity index (χ4n) is 2.27. The smallest absolute Gasteiger partial charge is 0.274 e. The molecule has 1 heterocycles. The van der Waals surface area contributed by atoms with Crippen LogP contribution in [0, 0.1) is 6.92 Å². The summed E-state index contributed by atoms with van der Waals surface area (Å²) in [6.07, 6.45) is 0. The van der Waals surface area contributed by atoms with Crippen molar-refractivity contribution in [3.63, 3.8) is 0 Å². The molecule has 7 heteroatoms. The van der Waals surface area contributed by atoms with Crippen LogP contribution in [0.4, 0.5) is 5.95 Å². The number of H-pyrrole nitrogens is 1. The van der Waals surface area contributed by atoms with Gasteiger partial charge in [-0.1, -0.05) is 42.5 Å². The first kappa shape index (κ1) is 17.3. The van der Waals surface area contributed by atoms with Crippen molar-refractivity contribution < 1.29 is 4.74 Å². The Bertz CT molecular complexity index is 967. The molecule has 26 heavy (non-hydrogen) atoms. The monoisotopic (exact) mass is 349 g/mol. The van der Waals surface area contributed by atoms with Gasteiger partial charge in [0.05, 0.1) is 5.71 Å². The molecule has 0 amide bonds. The van der Waals surface area contributed by atoms with Gasteiger partial charge in [0, 0.05) is 5.56 Å². The fraction of sp³-hybridized carbons (Fsp3) is 0.158. The Morgan fingerprint density at radius 1 is 1.12 bits per heavy atom. The molecule has 0 aliphatic rings. The topological polar surface area (TPSA) is 92.3 Å². The van der Waals surface area contributed by atoms with Crippen LogP contribution in [0.15, 0.2) is 64.5 Å². The van der Waals surface area contributed by atoms with E-state index in [2.05, 4.69) is 25.7 Å². The molecule has 3 rings (SSSR count). The van der Waals surface area contributed by atoms with E-state index >= 15 is 0 Å². The third-order valence-electron chi connectivity index (χ3n) is 3.70. The molecule has 0 radical (unpaired) electrons. The van der Waals surface area contributed by atoms with Crippen LogP contribution in [0.1, 0.15) is 23.7 Å². The molecule has 0 saturated carbocycles. The molecule has 7 nitrogen and oxygen atoms in total. The molecule has 0 unspecified atom stereocenters. The second-order valence-electron chi connectivity index (χ2n) is 5.67. The van der Waals surface area contributed by atoms with Gasteiger partial charge in [-0.25, -0.2) is 5.43 Å². The number of nitrogens with one attached hydrogen (secondary N) is 2. The summed E-state index contributed by atoms with van der Waals surface area (Å²) in [5, 5.41) is 11.9. The van der Waals surface area contributed by atoms with Crippen LogP contribution in [0.2, 0.25) is 0 Å². The summed E-state index contributed by atoms with van der Waals surface area (Å²) < 4.78 is 5.94. The second kappa shape index (κ2) is 8.06. The Balaban J connectivity index is 1.75. The third kappa shape index (κ3) is 4.32. The second-order valence-corrected chi connectivity index (χ2v) is 5.67. The normalized spacial score (nSPS) is 11.2. The lowest BCUT2D eigenvalue weighted by atomic mass is 10.1. The van der Waals surface area contributed by atoms with E-state index in [1.165, 1.54) is 0 Å². The van der Waals surface area contributed by atoms with Gasteiger partial charge < -0.3 is 4.74 Å². The zero-order valence-electron chi connectivity index (χ0n) is 14.6. The average molecular weight is 349 g/mol. The zero-order chi connectivity index (χ0) is 18.4. The van der Waals surface area contributed by atoms with Crippen LogP contribution in [0.3, 0.4) is 0 Å². The van der Waals surface area contributed by atoms with Crippen molar-refractivity contribution in [1.29, 1.82) is 0 Å². The standard InChI is InChI=1S/C19H19N5O2/c1-13(21-23-19-20-18(25)14(2)22-24-19)16-10-6-7-11-17(16)26-12-15-8-4-3-5-9-15/h3-11H,12H2,1-2H3,(H2,20,23,24,25)/b21-13-. The minimum atomic E-state index is -0.304. The van der Waals surface area contributed by atoms with Gasteiger partial charge in [0.2, 0.25) is 5.95 Å². The summed E-state index contributed by atoms with van der Waals surface area (Å²) in [6.45, 7) is 3.90. The number of para-hydroxylation sites is 1. The van der Waals surface area contributed by atoms with Crippen LogP contribution in [0.5, 0.6) is 5.75 Å². The van der Waals surface area contributed by atoms with Gasteiger partial charge in [0.1, 0.15) is 18.1 Å². The number of rotatable bonds is 6. The predicted molar refractivity (Wildman–Crippen MR) is 100 cm³/mol. The number of hydrogen-bond donors (Lipinski definition) is 2. The third-order valence-corrected chi connectivity index (χ3v) is 3.70. The Morgan fingerprint density at radius 3 is 2.62 bits per heavy atom. The summed E-state index contributed by atoms with van der Waals surface area (Å²) in [7, 11) is 0. The minimum Gasteiger partial charge on any atom is -0.488 e. The minimum absolute atomic E-state index is 0.183. The summed E-state index contributed by atoms with van der Waals surface area (Å²) in [5.41, 5.74) is 5.34. The highest BCUT2D eigenvalue weighted by atomic mass is 16.5. The largest absolute Gasteiger partial charge is 0.488 e. The molecule has 0 saturated heterocycles. The summed E-state index contributed by atoms with van der Waals surface area (Å²) >= 11 is 0. The fourth-order valence-corrected chi connectivity index (χ4v) is 2.27. The van der Waals surface area contributed by atoms with E-state index in [1.54, 1.807) is 6.92 Å². The van der Waals surface area contributed by atoms with E-state index in [9.17, 15) is 4.79 Å². The number of nitrogens with zero attached hydrogens (tertiary/aromatic N) is 3. The molecule has 2 aromatic carbocycles. The highest BCUT2D eigenvalue weighted by molar-refractivity contribution is 6.01. The molecule has 0 atom stereocenters. The van der Waals surface area contributed by atoms with E-state index in [-0.39, 0.29) is 11.5 Å². The number of hydrogen-bond acceptors (Lipinski definition) is 6. The van der Waals surface area contributed by atoms with Crippen LogP contribution in [0.25, 0.3) is 0 Å². The predicted octanol–water partition coefficient (Wildman–Crippen LogP) is 2.89. The highest BCUT2D eigenvalue weighted by Crippen LogP contribution is 2.20. The lowest BCUT2D eigenvalue weighted by molar-refractivity contribution is 0.305. The van der Waals surface area contributed by atoms with E-state index < -0.39 is 0 Å². The molecule has 0 aliphatic carbocycles. The molecular weight excluding hydrogens is 330 g/mol. The number of anilines is 1. The van der Waals surface area contributed by atoms with Gasteiger partial charge in [-0.05, 0) is 31.5 Å². The van der Waals surface area contributed by atoms with Crippen molar-refractivity contribution in [1.82, 2.24) is 15.2 Å². The van der Waals surface area contributed by atoms with Crippen LogP contribution < -0.4 is 15.7 Å². The van der Waals surface area contributed by atoms with Gasteiger partial charge in [0.25, 0.3) is 5.56 Å². The first-order valence-electron chi connectivity index (χ1n) is 8.13. The maximum absolute atomic E-state index is 11.6. The number of aromatic amines is 1. The zero-order valence-corrected chi connectivity index (χ0v) is 14.6. The van der Waals surface area contributed by atoms with Gasteiger partial charge in [-0.3, -0.25) is 9.78 Å². The number of aromatic nitrogens is 3. The number of aryl methyl sites for hydroxylation is 1. The molecule has 1 aromatic heterocycles. The molecule has 0 spiro atoms. The molecule has 132 valence electrons. The molecular formula is C19H19N5O2. The van der Waals surface area contributed by atoms with Crippen molar-refractivity contribution in [3.05, 3.63) is 81.8 Å². The number of benzene rings is 2. The Morgan fingerprint density at radius 2 is 1.85 bits per heavy atom. The quantitative estimate of drug-likeness (QED) is 0.527. The van der Waals surface area contributed by atoms with Crippen molar-refractivity contribution in [2.45, 2.75) is 20.5 Å². The summed E-state index contributed by atoms with van der Waals surface area (Å²) in [5.74, 6) is 0.908. The van der Waals surface area contributed by atoms with Gasteiger partial charge >= 0.3 is 0 Å². The first-order valence-corrected chi connectivity index (χ1v) is 8.13. The molecule has 3 aromatic rings. The summed E-state index contributed by atoms with van der Waals surface area (Å²) in [6, 6.07) is 17.6. The van der Waals surface area contributed by atoms with Gasteiger partial charge in [-0.15, -0.1) is 10.2 Å². The Kier molecular flexibility index (Phi) is 5.38. The highest BCUT2D eigenvalue weighted by Gasteiger charge is 2.07. The average Bonchev–Trinajstić information content (AvgIpc) is 2.68. The number of ether oxygens (including phenoxy) is 1. The van der Waals surface area contributed by atoms with Crippen LogP contribution >= 0.6 is 0 Å². The van der Waals surface area contributed by atoms with Crippen LogP contribution in [-0.4, -0.2) is 20.9 Å². The maximum Gasteiger partial charge on any atom is 0.274 e. The number of hydrazone groups is 1. The van der Waals surface area contributed by atoms with E-state index in [4.69, 9.17) is 4.74 Å². The summed E-state index contributed by atoms with van der Waals surface area (Å²) in [4.78, 5) is 14.1. The van der Waals surface area contributed by atoms with E-state index in [1.807, 2.05) is 61.5 Å². The molecule has 0 bridgehead atoms. The van der Waals surface area contributed by atoms with Crippen molar-refractivity contribution >= 4 is 11.7 Å². The lowest BCUT2D eigenvalue weighted by Crippen LogP contribution is -2.16. The van der Waals surface area contributed by atoms with E-state index in [0.717, 1.165) is 16.9 Å². The lowest BCUT2D eigenvalue weighted by Gasteiger charge is -2.11. The molecule has 0 fully saturated rings. The van der Waals surface area contributed by atoms with Crippen molar-refractivity contribution in [3.8, 4) is 5.75 Å². The van der Waals surface area contributed by atoms with Crippen molar-refractivity contribution in [2.24, 2.45) is 5.10 Å². The first-order chi connectivity index (χ1) is 12.6. The Labute approximate surface area is 150 Å². The van der Waals surface area contributed by atoms with Crippen LogP contribution in [-0.2, 0) is 6.61 Å². The van der Waals surface area contributed by atoms with Gasteiger partial charge in [0.15, 0.2) is 0 Å².